The highest BCUT2D eigenvalue weighted by Crippen LogP contribution is 2.51. The SMILES string of the molecule is COc1ccc2c(c1)Oc1nc3c(c(N)c1C2c1ccccc1)C(=O)CCC3. The zero-order chi connectivity index (χ0) is 19.3. The number of nitrogens with zero attached hydrogens (tertiary/aromatic N) is 1. The summed E-state index contributed by atoms with van der Waals surface area (Å²) in [7, 11) is 1.63. The lowest BCUT2D eigenvalue weighted by Crippen LogP contribution is -2.22. The predicted molar refractivity (Wildman–Crippen MR) is 106 cm³/mol. The molecule has 3 aromatic rings. The molecule has 1 aliphatic heterocycles. The van der Waals surface area contributed by atoms with Gasteiger partial charge in [-0.25, -0.2) is 4.98 Å². The monoisotopic (exact) mass is 372 g/mol. The van der Waals surface area contributed by atoms with E-state index in [9.17, 15) is 4.79 Å². The maximum Gasteiger partial charge on any atom is 0.225 e. The van der Waals surface area contributed by atoms with Crippen LogP contribution in [0.15, 0.2) is 48.5 Å². The number of anilines is 1. The zero-order valence-corrected chi connectivity index (χ0v) is 15.6. The molecule has 2 heterocycles. The summed E-state index contributed by atoms with van der Waals surface area (Å²) in [6.07, 6.45) is 2.05. The van der Waals surface area contributed by atoms with Gasteiger partial charge >= 0.3 is 0 Å². The number of pyridine rings is 1. The van der Waals surface area contributed by atoms with E-state index in [1.165, 1.54) is 0 Å². The van der Waals surface area contributed by atoms with Gasteiger partial charge in [-0.15, -0.1) is 0 Å². The highest BCUT2D eigenvalue weighted by atomic mass is 16.5. The Bertz CT molecular complexity index is 1090. The summed E-state index contributed by atoms with van der Waals surface area (Å²) in [4.78, 5) is 17.3. The van der Waals surface area contributed by atoms with E-state index in [-0.39, 0.29) is 11.7 Å². The molecule has 0 fully saturated rings. The van der Waals surface area contributed by atoms with E-state index in [1.54, 1.807) is 7.11 Å². The molecule has 0 bridgehead atoms. The molecule has 1 atom stereocenters. The van der Waals surface area contributed by atoms with Gasteiger partial charge in [0.1, 0.15) is 11.5 Å². The van der Waals surface area contributed by atoms with E-state index in [4.69, 9.17) is 20.2 Å². The Labute approximate surface area is 163 Å². The number of aryl methyl sites for hydroxylation is 1. The fraction of sp³-hybridized carbons (Fsp3) is 0.217. The molecule has 5 rings (SSSR count). The first-order valence-corrected chi connectivity index (χ1v) is 9.43. The van der Waals surface area contributed by atoms with E-state index in [2.05, 4.69) is 12.1 Å². The number of rotatable bonds is 2. The third kappa shape index (κ3) is 2.47. The van der Waals surface area contributed by atoms with Crippen molar-refractivity contribution in [2.75, 3.05) is 12.8 Å². The number of nitrogens with two attached hydrogens (primary N) is 1. The van der Waals surface area contributed by atoms with E-state index < -0.39 is 0 Å². The van der Waals surface area contributed by atoms with Crippen LogP contribution in [0.3, 0.4) is 0 Å². The van der Waals surface area contributed by atoms with Crippen molar-refractivity contribution in [1.82, 2.24) is 4.98 Å². The highest BCUT2D eigenvalue weighted by Gasteiger charge is 2.36. The van der Waals surface area contributed by atoms with E-state index in [1.807, 2.05) is 36.4 Å². The number of ketones is 1. The number of methoxy groups -OCH3 is 1. The third-order valence-corrected chi connectivity index (χ3v) is 5.57. The minimum atomic E-state index is -0.154. The van der Waals surface area contributed by atoms with Crippen molar-refractivity contribution in [3.63, 3.8) is 0 Å². The summed E-state index contributed by atoms with van der Waals surface area (Å²) in [6, 6.07) is 15.9. The summed E-state index contributed by atoms with van der Waals surface area (Å²) in [5.41, 5.74) is 11.2. The number of carbonyl (C=O) groups is 1. The maximum absolute atomic E-state index is 12.6. The quantitative estimate of drug-likeness (QED) is 0.562. The summed E-state index contributed by atoms with van der Waals surface area (Å²) in [6.45, 7) is 0. The number of benzene rings is 2. The molecule has 2 aliphatic rings. The second-order valence-corrected chi connectivity index (χ2v) is 7.19. The van der Waals surface area contributed by atoms with Gasteiger partial charge in [-0.2, -0.15) is 0 Å². The lowest BCUT2D eigenvalue weighted by Gasteiger charge is -2.31. The van der Waals surface area contributed by atoms with Gasteiger partial charge in [-0.1, -0.05) is 36.4 Å². The number of hydrogen-bond donors (Lipinski definition) is 1. The van der Waals surface area contributed by atoms with Crippen molar-refractivity contribution >= 4 is 11.5 Å². The molecule has 1 unspecified atom stereocenters. The Kier molecular flexibility index (Phi) is 3.83. The first-order chi connectivity index (χ1) is 13.7. The van der Waals surface area contributed by atoms with Crippen LogP contribution in [-0.2, 0) is 6.42 Å². The molecule has 2 N–H and O–H groups in total. The molecule has 5 nitrogen and oxygen atoms in total. The van der Waals surface area contributed by atoms with Gasteiger partial charge in [0.25, 0.3) is 0 Å². The van der Waals surface area contributed by atoms with Gasteiger partial charge < -0.3 is 15.2 Å². The van der Waals surface area contributed by atoms with E-state index in [0.717, 1.165) is 41.0 Å². The molecule has 140 valence electrons. The second kappa shape index (κ2) is 6.37. The first-order valence-electron chi connectivity index (χ1n) is 9.43. The summed E-state index contributed by atoms with van der Waals surface area (Å²) in [5, 5.41) is 0. The molecule has 0 saturated carbocycles. The summed E-state index contributed by atoms with van der Waals surface area (Å²) in [5.74, 6) is 1.82. The minimum Gasteiger partial charge on any atom is -0.497 e. The van der Waals surface area contributed by atoms with Crippen LogP contribution in [0.5, 0.6) is 17.4 Å². The minimum absolute atomic E-state index is 0.0707. The lowest BCUT2D eigenvalue weighted by atomic mass is 9.80. The third-order valence-electron chi connectivity index (χ3n) is 5.57. The van der Waals surface area contributed by atoms with Gasteiger partial charge in [0.2, 0.25) is 5.88 Å². The molecule has 5 heteroatoms. The fourth-order valence-electron chi connectivity index (χ4n) is 4.25. The standard InChI is InChI=1S/C23H20N2O3/c1-27-14-10-11-15-18(12-14)28-23-21(19(15)13-6-3-2-4-7-13)22(24)20-16(25-23)8-5-9-17(20)26/h2-4,6-7,10-12,19H,5,8-9H2,1H3,(H2,24,25). The average molecular weight is 372 g/mol. The number of Topliss-reactive ketones (excluding diaryl/α,β-unsaturated/α-hetero) is 1. The number of aromatic nitrogens is 1. The van der Waals surface area contributed by atoms with Crippen molar-refractivity contribution in [3.8, 4) is 17.4 Å². The van der Waals surface area contributed by atoms with Gasteiger partial charge in [0.15, 0.2) is 5.78 Å². The molecule has 0 amide bonds. The number of nitrogen functional groups attached to an aromatic ring is 1. The van der Waals surface area contributed by atoms with Crippen molar-refractivity contribution in [2.45, 2.75) is 25.2 Å². The second-order valence-electron chi connectivity index (χ2n) is 7.19. The fourth-order valence-corrected chi connectivity index (χ4v) is 4.25. The highest BCUT2D eigenvalue weighted by molar-refractivity contribution is 6.03. The smallest absolute Gasteiger partial charge is 0.225 e. The van der Waals surface area contributed by atoms with Crippen molar-refractivity contribution in [2.24, 2.45) is 0 Å². The number of ether oxygens (including phenoxy) is 2. The van der Waals surface area contributed by atoms with Crippen molar-refractivity contribution in [1.29, 1.82) is 0 Å². The Balaban J connectivity index is 1.79. The van der Waals surface area contributed by atoms with E-state index >= 15 is 0 Å². The van der Waals surface area contributed by atoms with E-state index in [0.29, 0.717) is 29.3 Å². The molecule has 1 aliphatic carbocycles. The number of carbonyl (C=O) groups excluding carboxylic acids is 1. The molecule has 1 aromatic heterocycles. The van der Waals surface area contributed by atoms with Crippen LogP contribution < -0.4 is 15.2 Å². The lowest BCUT2D eigenvalue weighted by molar-refractivity contribution is 0.0972. The molecule has 28 heavy (non-hydrogen) atoms. The topological polar surface area (TPSA) is 74.4 Å². The van der Waals surface area contributed by atoms with Crippen molar-refractivity contribution in [3.05, 3.63) is 76.5 Å². The Morgan fingerprint density at radius 3 is 2.75 bits per heavy atom. The van der Waals surface area contributed by atoms with Gasteiger partial charge in [-0.3, -0.25) is 4.79 Å². The normalized spacial score (nSPS) is 17.2. The number of hydrogen-bond acceptors (Lipinski definition) is 5. The maximum atomic E-state index is 12.6. The summed E-state index contributed by atoms with van der Waals surface area (Å²) >= 11 is 0. The largest absolute Gasteiger partial charge is 0.497 e. The molecule has 2 aromatic carbocycles. The summed E-state index contributed by atoms with van der Waals surface area (Å²) < 4.78 is 11.5. The van der Waals surface area contributed by atoms with Crippen LogP contribution in [0.25, 0.3) is 0 Å². The van der Waals surface area contributed by atoms with Crippen LogP contribution >= 0.6 is 0 Å². The Morgan fingerprint density at radius 1 is 1.14 bits per heavy atom. The Hall–Kier alpha value is -3.34. The van der Waals surface area contributed by atoms with Crippen LogP contribution in [0.1, 0.15) is 51.5 Å². The average Bonchev–Trinajstić information content (AvgIpc) is 2.72. The zero-order valence-electron chi connectivity index (χ0n) is 15.6. The van der Waals surface area contributed by atoms with Crippen LogP contribution in [0, 0.1) is 0 Å². The Morgan fingerprint density at radius 2 is 1.96 bits per heavy atom. The van der Waals surface area contributed by atoms with Gasteiger partial charge in [0, 0.05) is 24.0 Å². The van der Waals surface area contributed by atoms with Crippen LogP contribution in [0.4, 0.5) is 5.69 Å². The predicted octanol–water partition coefficient (Wildman–Crippen LogP) is 4.48. The molecular formula is C23H20N2O3. The number of fused-ring (bicyclic) bond motifs is 3. The molecular weight excluding hydrogens is 352 g/mol. The van der Waals surface area contributed by atoms with Crippen LogP contribution in [0.2, 0.25) is 0 Å². The first kappa shape index (κ1) is 16.8. The molecule has 0 saturated heterocycles. The van der Waals surface area contributed by atoms with Crippen molar-refractivity contribution < 1.29 is 14.3 Å². The molecule has 0 spiro atoms. The molecule has 0 radical (unpaired) electrons. The van der Waals surface area contributed by atoms with Gasteiger partial charge in [0.05, 0.1) is 29.6 Å². The van der Waals surface area contributed by atoms with Crippen LogP contribution in [-0.4, -0.2) is 17.9 Å². The van der Waals surface area contributed by atoms with Gasteiger partial charge in [-0.05, 0) is 24.5 Å².